The lowest BCUT2D eigenvalue weighted by Gasteiger charge is -2.20. The second-order valence-corrected chi connectivity index (χ2v) is 5.66. The van der Waals surface area contributed by atoms with Crippen molar-refractivity contribution in [3.63, 3.8) is 0 Å². The molecule has 0 saturated heterocycles. The molecule has 80 valence electrons. The predicted molar refractivity (Wildman–Crippen MR) is 65.0 cm³/mol. The molecular formula is C13H16OS. The van der Waals surface area contributed by atoms with Crippen molar-refractivity contribution in [3.05, 3.63) is 42.5 Å². The minimum Gasteiger partial charge on any atom is -0.395 e. The Hall–Kier alpha value is -0.730. The van der Waals surface area contributed by atoms with Crippen molar-refractivity contribution >= 4 is 11.8 Å². The molecule has 0 radical (unpaired) electrons. The van der Waals surface area contributed by atoms with Crippen LogP contribution in [-0.4, -0.2) is 17.0 Å². The van der Waals surface area contributed by atoms with Gasteiger partial charge in [-0.3, -0.25) is 0 Å². The Bertz CT molecular complexity index is 347. The zero-order valence-corrected chi connectivity index (χ0v) is 9.70. The highest BCUT2D eigenvalue weighted by Crippen LogP contribution is 2.39. The van der Waals surface area contributed by atoms with E-state index < -0.39 is 0 Å². The van der Waals surface area contributed by atoms with Crippen molar-refractivity contribution < 1.29 is 5.11 Å². The Morgan fingerprint density at radius 3 is 2.73 bits per heavy atom. The standard InChI is InChI=1S/C13H16OS/c1-13(10-14)8-7-12(9-13)15-11-5-3-2-4-6-11/h2-8,12,14H,9-10H2,1H3. The van der Waals surface area contributed by atoms with Gasteiger partial charge in [-0.15, -0.1) is 11.8 Å². The molecule has 1 aromatic rings. The smallest absolute Gasteiger partial charge is 0.0519 e. The zero-order chi connectivity index (χ0) is 10.7. The van der Waals surface area contributed by atoms with Crippen molar-refractivity contribution in [3.8, 4) is 0 Å². The summed E-state index contributed by atoms with van der Waals surface area (Å²) < 4.78 is 0. The molecule has 2 atom stereocenters. The first kappa shape index (κ1) is 10.8. The summed E-state index contributed by atoms with van der Waals surface area (Å²) in [5.41, 5.74) is -0.00749. The van der Waals surface area contributed by atoms with Crippen LogP contribution >= 0.6 is 11.8 Å². The highest BCUT2D eigenvalue weighted by molar-refractivity contribution is 8.00. The van der Waals surface area contributed by atoms with E-state index in [4.69, 9.17) is 0 Å². The first-order valence-corrected chi connectivity index (χ1v) is 6.12. The Morgan fingerprint density at radius 1 is 1.40 bits per heavy atom. The fourth-order valence-corrected chi connectivity index (χ4v) is 3.09. The van der Waals surface area contributed by atoms with Gasteiger partial charge in [-0.05, 0) is 18.6 Å². The molecule has 0 spiro atoms. The maximum absolute atomic E-state index is 9.25. The van der Waals surface area contributed by atoms with Gasteiger partial charge in [-0.1, -0.05) is 37.3 Å². The molecule has 1 aliphatic rings. The van der Waals surface area contributed by atoms with Crippen molar-refractivity contribution in [2.75, 3.05) is 6.61 Å². The summed E-state index contributed by atoms with van der Waals surface area (Å²) in [4.78, 5) is 1.30. The molecule has 0 aromatic heterocycles. The Labute approximate surface area is 95.2 Å². The topological polar surface area (TPSA) is 20.2 Å². The highest BCUT2D eigenvalue weighted by Gasteiger charge is 2.29. The van der Waals surface area contributed by atoms with Crippen molar-refractivity contribution in [1.82, 2.24) is 0 Å². The van der Waals surface area contributed by atoms with E-state index in [2.05, 4.69) is 43.3 Å². The van der Waals surface area contributed by atoms with Crippen LogP contribution in [0.15, 0.2) is 47.4 Å². The first-order valence-electron chi connectivity index (χ1n) is 5.24. The van der Waals surface area contributed by atoms with E-state index in [1.807, 2.05) is 17.8 Å². The summed E-state index contributed by atoms with van der Waals surface area (Å²) >= 11 is 1.87. The van der Waals surface area contributed by atoms with E-state index in [0.717, 1.165) is 6.42 Å². The summed E-state index contributed by atoms with van der Waals surface area (Å²) in [7, 11) is 0. The first-order chi connectivity index (χ1) is 7.22. The van der Waals surface area contributed by atoms with Crippen LogP contribution in [0.5, 0.6) is 0 Å². The largest absolute Gasteiger partial charge is 0.395 e. The molecule has 0 saturated carbocycles. The molecule has 2 rings (SSSR count). The minimum absolute atomic E-state index is 0.00749. The second kappa shape index (κ2) is 4.42. The van der Waals surface area contributed by atoms with Crippen molar-refractivity contribution in [2.24, 2.45) is 5.41 Å². The summed E-state index contributed by atoms with van der Waals surface area (Å²) in [6, 6.07) is 10.4. The van der Waals surface area contributed by atoms with Gasteiger partial charge < -0.3 is 5.11 Å². The molecule has 0 bridgehead atoms. The number of thioether (sulfide) groups is 1. The van der Waals surface area contributed by atoms with E-state index in [9.17, 15) is 5.11 Å². The van der Waals surface area contributed by atoms with Gasteiger partial charge in [-0.2, -0.15) is 0 Å². The van der Waals surface area contributed by atoms with Gasteiger partial charge >= 0.3 is 0 Å². The molecule has 2 heteroatoms. The van der Waals surface area contributed by atoms with E-state index in [0.29, 0.717) is 5.25 Å². The molecule has 1 N–H and O–H groups in total. The lowest BCUT2D eigenvalue weighted by molar-refractivity contribution is 0.184. The van der Waals surface area contributed by atoms with Gasteiger partial charge in [0.1, 0.15) is 0 Å². The van der Waals surface area contributed by atoms with Gasteiger partial charge in [0.25, 0.3) is 0 Å². The molecule has 1 aromatic carbocycles. The van der Waals surface area contributed by atoms with Crippen LogP contribution in [0.3, 0.4) is 0 Å². The van der Waals surface area contributed by atoms with Crippen LogP contribution in [0, 0.1) is 5.41 Å². The van der Waals surface area contributed by atoms with E-state index in [1.54, 1.807) is 0 Å². The molecule has 1 aliphatic carbocycles. The molecule has 0 aliphatic heterocycles. The van der Waals surface area contributed by atoms with Gasteiger partial charge in [0.2, 0.25) is 0 Å². The predicted octanol–water partition coefficient (Wildman–Crippen LogP) is 3.11. The van der Waals surface area contributed by atoms with E-state index >= 15 is 0 Å². The third kappa shape index (κ3) is 2.64. The van der Waals surface area contributed by atoms with Crippen LogP contribution < -0.4 is 0 Å². The maximum Gasteiger partial charge on any atom is 0.0519 e. The second-order valence-electron chi connectivity index (χ2n) is 4.34. The van der Waals surface area contributed by atoms with E-state index in [1.165, 1.54) is 4.90 Å². The Kier molecular flexibility index (Phi) is 3.17. The fourth-order valence-electron chi connectivity index (χ4n) is 1.81. The summed E-state index contributed by atoms with van der Waals surface area (Å²) in [6.07, 6.45) is 5.39. The fraction of sp³-hybridized carbons (Fsp3) is 0.385. The van der Waals surface area contributed by atoms with Gasteiger partial charge in [0, 0.05) is 15.6 Å². The molecule has 0 fully saturated rings. The Balaban J connectivity index is 1.97. The monoisotopic (exact) mass is 220 g/mol. The number of rotatable bonds is 3. The van der Waals surface area contributed by atoms with Crippen molar-refractivity contribution in [2.45, 2.75) is 23.5 Å². The number of hydrogen-bond donors (Lipinski definition) is 1. The molecule has 0 heterocycles. The van der Waals surface area contributed by atoms with Crippen molar-refractivity contribution in [1.29, 1.82) is 0 Å². The quantitative estimate of drug-likeness (QED) is 0.790. The van der Waals surface area contributed by atoms with Crippen LogP contribution in [0.2, 0.25) is 0 Å². The minimum atomic E-state index is -0.00749. The molecule has 0 amide bonds. The maximum atomic E-state index is 9.25. The van der Waals surface area contributed by atoms with Gasteiger partial charge in [0.15, 0.2) is 0 Å². The lowest BCUT2D eigenvalue weighted by atomic mass is 9.92. The van der Waals surface area contributed by atoms with Gasteiger partial charge in [-0.25, -0.2) is 0 Å². The third-order valence-corrected chi connectivity index (χ3v) is 3.94. The average molecular weight is 220 g/mol. The van der Waals surface area contributed by atoms with E-state index in [-0.39, 0.29) is 12.0 Å². The Morgan fingerprint density at radius 2 is 2.13 bits per heavy atom. The van der Waals surface area contributed by atoms with Gasteiger partial charge in [0.05, 0.1) is 6.61 Å². The molecule has 2 unspecified atom stereocenters. The SMILES string of the molecule is CC1(CO)C=CC(Sc2ccccc2)C1. The molecule has 1 nitrogen and oxygen atoms in total. The normalized spacial score (nSPS) is 29.6. The summed E-state index contributed by atoms with van der Waals surface area (Å²) in [5.74, 6) is 0. The lowest BCUT2D eigenvalue weighted by Crippen LogP contribution is -2.17. The number of benzene rings is 1. The summed E-state index contributed by atoms with van der Waals surface area (Å²) in [5, 5.41) is 9.75. The summed E-state index contributed by atoms with van der Waals surface area (Å²) in [6.45, 7) is 2.35. The number of hydrogen-bond acceptors (Lipinski definition) is 2. The third-order valence-electron chi connectivity index (χ3n) is 2.77. The molecular weight excluding hydrogens is 204 g/mol. The van der Waals surface area contributed by atoms with Crippen LogP contribution in [0.25, 0.3) is 0 Å². The van der Waals surface area contributed by atoms with Crippen LogP contribution in [-0.2, 0) is 0 Å². The van der Waals surface area contributed by atoms with Crippen LogP contribution in [0.4, 0.5) is 0 Å². The highest BCUT2D eigenvalue weighted by atomic mass is 32.2. The average Bonchev–Trinajstić information content (AvgIpc) is 2.63. The number of aliphatic hydroxyl groups excluding tert-OH is 1. The number of aliphatic hydroxyl groups is 1. The van der Waals surface area contributed by atoms with Crippen LogP contribution in [0.1, 0.15) is 13.3 Å². The molecule has 15 heavy (non-hydrogen) atoms. The zero-order valence-electron chi connectivity index (χ0n) is 8.89.